The molecule has 1 aliphatic rings. The lowest BCUT2D eigenvalue weighted by Gasteiger charge is -2.19. The van der Waals surface area contributed by atoms with Crippen molar-refractivity contribution in [3.63, 3.8) is 0 Å². The van der Waals surface area contributed by atoms with Crippen LogP contribution >= 0.6 is 0 Å². The van der Waals surface area contributed by atoms with E-state index in [0.29, 0.717) is 5.75 Å². The lowest BCUT2D eigenvalue weighted by molar-refractivity contribution is -0.384. The molecule has 24 heavy (non-hydrogen) atoms. The molecule has 126 valence electrons. The molecule has 1 fully saturated rings. The molecule has 0 bridgehead atoms. The number of nitro groups is 1. The molecule has 0 amide bonds. The van der Waals surface area contributed by atoms with Crippen LogP contribution in [0, 0.1) is 10.1 Å². The van der Waals surface area contributed by atoms with Crippen molar-refractivity contribution < 1.29 is 9.66 Å². The Balaban J connectivity index is 1.80. The van der Waals surface area contributed by atoms with Gasteiger partial charge in [0.05, 0.1) is 4.92 Å². The Morgan fingerprint density at radius 1 is 1.25 bits per heavy atom. The SMILES string of the molecule is CC(C)(C)c1ccc(Oc2ncc([N+](=O)[O-])c(NC3CC3)n2)cc1. The molecule has 1 saturated carbocycles. The van der Waals surface area contributed by atoms with Crippen LogP contribution < -0.4 is 10.1 Å². The van der Waals surface area contributed by atoms with Gasteiger partial charge in [0.2, 0.25) is 5.82 Å². The quantitative estimate of drug-likeness (QED) is 0.658. The molecule has 0 unspecified atom stereocenters. The summed E-state index contributed by atoms with van der Waals surface area (Å²) in [5, 5.41) is 14.1. The third-order valence-electron chi connectivity index (χ3n) is 3.79. The molecule has 0 radical (unpaired) electrons. The zero-order chi connectivity index (χ0) is 17.3. The van der Waals surface area contributed by atoms with Gasteiger partial charge in [0, 0.05) is 6.04 Å². The second kappa shape index (κ2) is 6.07. The fraction of sp³-hybridized carbons (Fsp3) is 0.412. The number of hydrogen-bond donors (Lipinski definition) is 1. The van der Waals surface area contributed by atoms with Crippen molar-refractivity contribution >= 4 is 11.5 Å². The Morgan fingerprint density at radius 3 is 2.46 bits per heavy atom. The van der Waals surface area contributed by atoms with Gasteiger partial charge in [-0.2, -0.15) is 9.97 Å². The van der Waals surface area contributed by atoms with Gasteiger partial charge in [0.15, 0.2) is 0 Å². The summed E-state index contributed by atoms with van der Waals surface area (Å²) in [5.41, 5.74) is 1.11. The summed E-state index contributed by atoms with van der Waals surface area (Å²) < 4.78 is 5.64. The molecule has 1 N–H and O–H groups in total. The molecule has 3 rings (SSSR count). The van der Waals surface area contributed by atoms with Crippen LogP contribution in [0.15, 0.2) is 30.5 Å². The van der Waals surface area contributed by atoms with Crippen molar-refractivity contribution in [2.24, 2.45) is 0 Å². The number of anilines is 1. The van der Waals surface area contributed by atoms with E-state index in [4.69, 9.17) is 4.74 Å². The average molecular weight is 328 g/mol. The number of hydrogen-bond acceptors (Lipinski definition) is 6. The minimum absolute atomic E-state index is 0.0593. The summed E-state index contributed by atoms with van der Waals surface area (Å²) in [6.07, 6.45) is 3.16. The molecule has 0 atom stereocenters. The number of nitrogens with one attached hydrogen (secondary N) is 1. The molecule has 1 aromatic heterocycles. The molecule has 1 aliphatic carbocycles. The maximum absolute atomic E-state index is 11.1. The molecule has 0 spiro atoms. The van der Waals surface area contributed by atoms with Gasteiger partial charge in [-0.3, -0.25) is 10.1 Å². The van der Waals surface area contributed by atoms with E-state index < -0.39 is 4.92 Å². The Hall–Kier alpha value is -2.70. The van der Waals surface area contributed by atoms with E-state index >= 15 is 0 Å². The summed E-state index contributed by atoms with van der Waals surface area (Å²) in [7, 11) is 0. The largest absolute Gasteiger partial charge is 0.424 e. The van der Waals surface area contributed by atoms with E-state index in [1.807, 2.05) is 24.3 Å². The molecule has 7 heteroatoms. The highest BCUT2D eigenvalue weighted by Gasteiger charge is 2.27. The second-order valence-electron chi connectivity index (χ2n) is 6.94. The Morgan fingerprint density at radius 2 is 1.92 bits per heavy atom. The van der Waals surface area contributed by atoms with E-state index in [-0.39, 0.29) is 29.0 Å². The lowest BCUT2D eigenvalue weighted by atomic mass is 9.87. The van der Waals surface area contributed by atoms with Crippen LogP contribution in [0.25, 0.3) is 0 Å². The zero-order valence-electron chi connectivity index (χ0n) is 13.9. The van der Waals surface area contributed by atoms with Gasteiger partial charge in [-0.25, -0.2) is 0 Å². The summed E-state index contributed by atoms with van der Waals surface area (Å²) in [6, 6.07) is 8.01. The van der Waals surface area contributed by atoms with E-state index in [1.54, 1.807) is 0 Å². The van der Waals surface area contributed by atoms with Gasteiger partial charge in [-0.15, -0.1) is 0 Å². The molecule has 7 nitrogen and oxygen atoms in total. The normalized spacial score (nSPS) is 14.3. The highest BCUT2D eigenvalue weighted by atomic mass is 16.6. The molecule has 2 aromatic rings. The van der Waals surface area contributed by atoms with Crippen LogP contribution in [0.1, 0.15) is 39.2 Å². The number of ether oxygens (including phenoxy) is 1. The first-order chi connectivity index (χ1) is 11.3. The molecule has 1 aromatic carbocycles. The van der Waals surface area contributed by atoms with Crippen molar-refractivity contribution in [1.82, 2.24) is 9.97 Å². The standard InChI is InChI=1S/C17H20N4O3/c1-17(2,3)11-4-8-13(9-5-11)24-16-18-10-14(21(22)23)15(20-16)19-12-6-7-12/h4-5,8-10,12H,6-7H2,1-3H3,(H,18,19,20). The smallest absolute Gasteiger partial charge is 0.329 e. The van der Waals surface area contributed by atoms with Crippen molar-refractivity contribution in [3.05, 3.63) is 46.1 Å². The van der Waals surface area contributed by atoms with Crippen molar-refractivity contribution in [2.75, 3.05) is 5.32 Å². The topological polar surface area (TPSA) is 90.2 Å². The van der Waals surface area contributed by atoms with E-state index in [9.17, 15) is 10.1 Å². The van der Waals surface area contributed by atoms with Crippen LogP contribution in [0.4, 0.5) is 11.5 Å². The third kappa shape index (κ3) is 3.79. The Bertz CT molecular complexity index is 749. The first kappa shape index (κ1) is 16.2. The average Bonchev–Trinajstić information content (AvgIpc) is 3.31. The van der Waals surface area contributed by atoms with E-state index in [0.717, 1.165) is 12.8 Å². The van der Waals surface area contributed by atoms with Crippen LogP contribution in [0.2, 0.25) is 0 Å². The van der Waals surface area contributed by atoms with Crippen LogP contribution in [-0.2, 0) is 5.41 Å². The highest BCUT2D eigenvalue weighted by Crippen LogP contribution is 2.31. The molecule has 0 saturated heterocycles. The number of benzene rings is 1. The monoisotopic (exact) mass is 328 g/mol. The van der Waals surface area contributed by atoms with Gasteiger partial charge in [-0.05, 0) is 36.0 Å². The highest BCUT2D eigenvalue weighted by molar-refractivity contribution is 5.56. The van der Waals surface area contributed by atoms with Crippen LogP contribution in [0.5, 0.6) is 11.8 Å². The molecule has 1 heterocycles. The molecule has 0 aliphatic heterocycles. The zero-order valence-corrected chi connectivity index (χ0v) is 13.9. The van der Waals surface area contributed by atoms with Crippen LogP contribution in [-0.4, -0.2) is 20.9 Å². The first-order valence-corrected chi connectivity index (χ1v) is 7.89. The maximum atomic E-state index is 11.1. The lowest BCUT2D eigenvalue weighted by Crippen LogP contribution is -2.10. The predicted molar refractivity (Wildman–Crippen MR) is 90.5 cm³/mol. The molecular formula is C17H20N4O3. The fourth-order valence-electron chi connectivity index (χ4n) is 2.20. The summed E-state index contributed by atoms with van der Waals surface area (Å²) >= 11 is 0. The van der Waals surface area contributed by atoms with Gasteiger partial charge < -0.3 is 10.1 Å². The third-order valence-corrected chi connectivity index (χ3v) is 3.79. The number of aromatic nitrogens is 2. The van der Waals surface area contributed by atoms with Crippen LogP contribution in [0.3, 0.4) is 0 Å². The van der Waals surface area contributed by atoms with Crippen molar-refractivity contribution in [3.8, 4) is 11.8 Å². The molecular weight excluding hydrogens is 308 g/mol. The minimum Gasteiger partial charge on any atom is -0.424 e. The van der Waals surface area contributed by atoms with E-state index in [1.165, 1.54) is 11.8 Å². The van der Waals surface area contributed by atoms with Gasteiger partial charge in [0.25, 0.3) is 0 Å². The summed E-state index contributed by atoms with van der Waals surface area (Å²) in [5.74, 6) is 0.799. The summed E-state index contributed by atoms with van der Waals surface area (Å²) in [6.45, 7) is 6.41. The van der Waals surface area contributed by atoms with Gasteiger partial charge in [-0.1, -0.05) is 32.9 Å². The Labute approximate surface area is 140 Å². The van der Waals surface area contributed by atoms with Gasteiger partial charge in [0.1, 0.15) is 11.9 Å². The van der Waals surface area contributed by atoms with Gasteiger partial charge >= 0.3 is 11.7 Å². The first-order valence-electron chi connectivity index (χ1n) is 7.89. The van der Waals surface area contributed by atoms with Crippen molar-refractivity contribution in [1.29, 1.82) is 0 Å². The number of nitrogens with zero attached hydrogens (tertiary/aromatic N) is 3. The second-order valence-corrected chi connectivity index (χ2v) is 6.94. The number of rotatable bonds is 5. The fourth-order valence-corrected chi connectivity index (χ4v) is 2.20. The minimum atomic E-state index is -0.493. The van der Waals surface area contributed by atoms with E-state index in [2.05, 4.69) is 36.1 Å². The summed E-state index contributed by atoms with van der Waals surface area (Å²) in [4.78, 5) is 18.7. The van der Waals surface area contributed by atoms with Crippen molar-refractivity contribution in [2.45, 2.75) is 45.1 Å². The Kier molecular flexibility index (Phi) is 4.09. The maximum Gasteiger partial charge on any atom is 0.329 e. The predicted octanol–water partition coefficient (Wildman–Crippen LogP) is 4.05.